The molecule has 0 unspecified atom stereocenters. The lowest BCUT2D eigenvalue weighted by Crippen LogP contribution is -2.04. The summed E-state index contributed by atoms with van der Waals surface area (Å²) < 4.78 is 6.59. The highest BCUT2D eigenvalue weighted by Crippen LogP contribution is 2.24. The number of rotatable bonds is 2. The van der Waals surface area contributed by atoms with E-state index >= 15 is 0 Å². The number of nitrogens with zero attached hydrogens (tertiary/aromatic N) is 1. The van der Waals surface area contributed by atoms with Crippen molar-refractivity contribution >= 4 is 27.0 Å². The third-order valence-corrected chi connectivity index (χ3v) is 2.90. The molecule has 0 aliphatic rings. The largest absolute Gasteiger partial charge is 0.439 e. The number of aromatic nitrogens is 1. The minimum atomic E-state index is 0.658. The third kappa shape index (κ3) is 1.67. The van der Waals surface area contributed by atoms with E-state index in [9.17, 15) is 0 Å². The second-order valence-electron chi connectivity index (χ2n) is 3.21. The summed E-state index contributed by atoms with van der Waals surface area (Å²) in [5, 5.41) is 3.01. The summed E-state index contributed by atoms with van der Waals surface area (Å²) in [7, 11) is 1.87. The number of oxazole rings is 1. The van der Waals surface area contributed by atoms with Gasteiger partial charge in [-0.1, -0.05) is 15.9 Å². The normalized spacial score (nSPS) is 11.1. The van der Waals surface area contributed by atoms with Gasteiger partial charge in [0.25, 0.3) is 0 Å². The lowest BCUT2D eigenvalue weighted by Gasteiger charge is -1.94. The minimum absolute atomic E-state index is 0.658. The summed E-state index contributed by atoms with van der Waals surface area (Å²) in [6, 6.07) is 3.97. The number of benzene rings is 1. The van der Waals surface area contributed by atoms with Crippen molar-refractivity contribution in [3.63, 3.8) is 0 Å². The molecule has 1 aromatic carbocycles. The smallest absolute Gasteiger partial charge is 0.209 e. The molecule has 0 aliphatic heterocycles. The Balaban J connectivity index is 2.54. The molecular formula is C10H11BrN2O. The molecule has 74 valence electrons. The summed E-state index contributed by atoms with van der Waals surface area (Å²) in [6.07, 6.45) is 0. The van der Waals surface area contributed by atoms with E-state index in [0.717, 1.165) is 21.5 Å². The molecule has 0 bridgehead atoms. The highest BCUT2D eigenvalue weighted by atomic mass is 79.9. The Hall–Kier alpha value is -0.870. The van der Waals surface area contributed by atoms with Gasteiger partial charge >= 0.3 is 0 Å². The van der Waals surface area contributed by atoms with Crippen LogP contribution in [0.25, 0.3) is 11.1 Å². The number of hydrogen-bond acceptors (Lipinski definition) is 3. The molecule has 1 aromatic heterocycles. The van der Waals surface area contributed by atoms with Gasteiger partial charge in [0, 0.05) is 4.47 Å². The van der Waals surface area contributed by atoms with Crippen molar-refractivity contribution in [1.82, 2.24) is 10.3 Å². The van der Waals surface area contributed by atoms with Crippen molar-refractivity contribution in [2.24, 2.45) is 0 Å². The average Bonchev–Trinajstić information content (AvgIpc) is 2.48. The predicted molar refractivity (Wildman–Crippen MR) is 59.2 cm³/mol. The van der Waals surface area contributed by atoms with Crippen molar-refractivity contribution in [3.8, 4) is 0 Å². The first kappa shape index (κ1) is 9.68. The minimum Gasteiger partial charge on any atom is -0.439 e. The molecule has 2 aromatic rings. The van der Waals surface area contributed by atoms with Crippen LogP contribution in [0.5, 0.6) is 0 Å². The van der Waals surface area contributed by atoms with E-state index in [4.69, 9.17) is 4.42 Å². The Morgan fingerprint density at radius 2 is 2.29 bits per heavy atom. The quantitative estimate of drug-likeness (QED) is 0.896. The standard InChI is InChI=1S/C10H11BrN2O/c1-6-3-8-9(4-7(6)11)14-10(13-8)5-12-2/h3-4,12H,5H2,1-2H3. The first-order chi connectivity index (χ1) is 6.70. The van der Waals surface area contributed by atoms with Gasteiger partial charge in [-0.3, -0.25) is 0 Å². The van der Waals surface area contributed by atoms with Gasteiger partial charge in [0.15, 0.2) is 5.58 Å². The number of nitrogens with one attached hydrogen (secondary N) is 1. The molecule has 0 radical (unpaired) electrons. The van der Waals surface area contributed by atoms with E-state index in [1.54, 1.807) is 0 Å². The summed E-state index contributed by atoms with van der Waals surface area (Å²) in [5.41, 5.74) is 2.91. The van der Waals surface area contributed by atoms with Gasteiger partial charge in [-0.2, -0.15) is 0 Å². The lowest BCUT2D eigenvalue weighted by atomic mass is 10.2. The van der Waals surface area contributed by atoms with Crippen LogP contribution < -0.4 is 5.32 Å². The zero-order valence-electron chi connectivity index (χ0n) is 8.10. The van der Waals surface area contributed by atoms with Crippen LogP contribution in [-0.4, -0.2) is 12.0 Å². The maximum atomic E-state index is 5.54. The molecule has 0 saturated carbocycles. The Morgan fingerprint density at radius 1 is 1.50 bits per heavy atom. The van der Waals surface area contributed by atoms with Crippen molar-refractivity contribution < 1.29 is 4.42 Å². The Kier molecular flexibility index (Phi) is 2.56. The maximum absolute atomic E-state index is 5.54. The van der Waals surface area contributed by atoms with E-state index in [-0.39, 0.29) is 0 Å². The SMILES string of the molecule is CNCc1nc2cc(C)c(Br)cc2o1. The molecule has 0 atom stereocenters. The van der Waals surface area contributed by atoms with E-state index in [1.165, 1.54) is 5.56 Å². The number of hydrogen-bond donors (Lipinski definition) is 1. The zero-order chi connectivity index (χ0) is 10.1. The fourth-order valence-electron chi connectivity index (χ4n) is 1.33. The molecule has 2 rings (SSSR count). The summed E-state index contributed by atoms with van der Waals surface area (Å²) in [4.78, 5) is 4.35. The van der Waals surface area contributed by atoms with Gasteiger partial charge in [-0.25, -0.2) is 4.98 Å². The highest BCUT2D eigenvalue weighted by molar-refractivity contribution is 9.10. The Morgan fingerprint density at radius 3 is 3.00 bits per heavy atom. The molecule has 0 spiro atoms. The monoisotopic (exact) mass is 254 g/mol. The van der Waals surface area contributed by atoms with Crippen molar-refractivity contribution in [2.45, 2.75) is 13.5 Å². The second kappa shape index (κ2) is 3.71. The van der Waals surface area contributed by atoms with Crippen molar-refractivity contribution in [1.29, 1.82) is 0 Å². The Labute approximate surface area is 90.6 Å². The maximum Gasteiger partial charge on any atom is 0.209 e. The molecule has 3 nitrogen and oxygen atoms in total. The number of halogens is 1. The topological polar surface area (TPSA) is 38.1 Å². The predicted octanol–water partition coefficient (Wildman–Crippen LogP) is 2.62. The van der Waals surface area contributed by atoms with Crippen LogP contribution in [0.1, 0.15) is 11.5 Å². The summed E-state index contributed by atoms with van der Waals surface area (Å²) >= 11 is 3.46. The van der Waals surface area contributed by atoms with E-state index in [0.29, 0.717) is 6.54 Å². The first-order valence-electron chi connectivity index (χ1n) is 4.41. The fourth-order valence-corrected chi connectivity index (χ4v) is 1.65. The molecule has 1 heterocycles. The van der Waals surface area contributed by atoms with Gasteiger partial charge in [0.1, 0.15) is 5.52 Å². The fraction of sp³-hybridized carbons (Fsp3) is 0.300. The Bertz CT molecular complexity index is 425. The van der Waals surface area contributed by atoms with Gasteiger partial charge < -0.3 is 9.73 Å². The summed E-state index contributed by atoms with van der Waals surface area (Å²) in [6.45, 7) is 2.70. The van der Waals surface area contributed by atoms with Gasteiger partial charge in [-0.15, -0.1) is 0 Å². The van der Waals surface area contributed by atoms with Crippen LogP contribution in [0.4, 0.5) is 0 Å². The van der Waals surface area contributed by atoms with E-state index in [1.807, 2.05) is 26.1 Å². The number of aryl methyl sites for hydroxylation is 1. The van der Waals surface area contributed by atoms with Crippen LogP contribution >= 0.6 is 15.9 Å². The van der Waals surface area contributed by atoms with Crippen molar-refractivity contribution in [2.75, 3.05) is 7.05 Å². The molecule has 14 heavy (non-hydrogen) atoms. The molecule has 0 aliphatic carbocycles. The van der Waals surface area contributed by atoms with E-state index in [2.05, 4.69) is 26.2 Å². The van der Waals surface area contributed by atoms with Crippen LogP contribution in [0, 0.1) is 6.92 Å². The number of fused-ring (bicyclic) bond motifs is 1. The zero-order valence-corrected chi connectivity index (χ0v) is 9.68. The lowest BCUT2D eigenvalue weighted by molar-refractivity contribution is 0.511. The molecule has 0 fully saturated rings. The summed E-state index contributed by atoms with van der Waals surface area (Å²) in [5.74, 6) is 0.722. The molecule has 1 N–H and O–H groups in total. The van der Waals surface area contributed by atoms with Crippen LogP contribution in [-0.2, 0) is 6.54 Å². The van der Waals surface area contributed by atoms with Gasteiger partial charge in [0.05, 0.1) is 6.54 Å². The van der Waals surface area contributed by atoms with Gasteiger partial charge in [-0.05, 0) is 31.7 Å². The third-order valence-electron chi connectivity index (χ3n) is 2.04. The van der Waals surface area contributed by atoms with Crippen LogP contribution in [0.15, 0.2) is 21.0 Å². The molecule has 4 heteroatoms. The second-order valence-corrected chi connectivity index (χ2v) is 4.06. The first-order valence-corrected chi connectivity index (χ1v) is 5.20. The van der Waals surface area contributed by atoms with Crippen LogP contribution in [0.2, 0.25) is 0 Å². The van der Waals surface area contributed by atoms with Crippen LogP contribution in [0.3, 0.4) is 0 Å². The molecular weight excluding hydrogens is 244 g/mol. The highest BCUT2D eigenvalue weighted by Gasteiger charge is 2.06. The average molecular weight is 255 g/mol. The van der Waals surface area contributed by atoms with Gasteiger partial charge in [0.2, 0.25) is 5.89 Å². The van der Waals surface area contributed by atoms with Crippen molar-refractivity contribution in [3.05, 3.63) is 28.1 Å². The van der Waals surface area contributed by atoms with E-state index < -0.39 is 0 Å². The molecule has 0 saturated heterocycles. The molecule has 0 amide bonds.